The van der Waals surface area contributed by atoms with Crippen molar-refractivity contribution in [1.82, 2.24) is 40.6 Å². The Morgan fingerprint density at radius 1 is 0.519 bits per heavy atom. The van der Waals surface area contributed by atoms with Gasteiger partial charge in [-0.15, -0.1) is 12.4 Å². The molecular weight excluding hydrogens is 1330 g/mol. The minimum atomic E-state index is -0.679. The molecule has 5 N–H and O–H groups in total. The van der Waals surface area contributed by atoms with Gasteiger partial charge in [0.05, 0.1) is 37.5 Å². The SMILES string of the molecule is C=CC(=O)N(C)Cc1cccc(C(C)C)c1OCCC.CCCOc1c(CN(C)C(=O)/C=C/c2cnc3c(c2)CNC(C)(C)C(=O)N3)cccc1C(C)C.CCCOc1c(CNC)cccc1C(C)C.CCOc1c(CN(C)C(=O)/C=C/c2cnc3c(c2)CNC(C)(C)C(=O)N3)cccc1C(C)C.Cl. The lowest BCUT2D eigenvalue weighted by Gasteiger charge is -2.21. The molecule has 2 aliphatic rings. The van der Waals surface area contributed by atoms with Gasteiger partial charge < -0.3 is 49.6 Å². The fraction of sp³-hybridized carbons (Fsp3) is 0.464. The maximum atomic E-state index is 12.8. The largest absolute Gasteiger partial charge is 0.493 e. The number of amides is 5. The van der Waals surface area contributed by atoms with Gasteiger partial charge in [0.25, 0.3) is 0 Å². The van der Waals surface area contributed by atoms with Crippen LogP contribution in [0.15, 0.2) is 122 Å². The van der Waals surface area contributed by atoms with E-state index in [4.69, 9.17) is 18.9 Å². The molecule has 6 aromatic rings. The highest BCUT2D eigenvalue weighted by Gasteiger charge is 2.32. The van der Waals surface area contributed by atoms with Crippen molar-refractivity contribution in [2.45, 2.75) is 204 Å². The number of anilines is 2. The lowest BCUT2D eigenvalue weighted by molar-refractivity contribution is -0.126. The van der Waals surface area contributed by atoms with Crippen LogP contribution in [0.5, 0.6) is 23.0 Å². The molecule has 5 amide bonds. The van der Waals surface area contributed by atoms with Gasteiger partial charge in [-0.25, -0.2) is 9.97 Å². The Morgan fingerprint density at radius 2 is 0.837 bits per heavy atom. The number of nitrogens with one attached hydrogen (secondary N) is 5. The Balaban J connectivity index is 0.000000305. The van der Waals surface area contributed by atoms with Crippen LogP contribution in [-0.4, -0.2) is 120 Å². The van der Waals surface area contributed by atoms with Crippen molar-refractivity contribution in [3.63, 3.8) is 0 Å². The van der Waals surface area contributed by atoms with Crippen molar-refractivity contribution in [2.24, 2.45) is 0 Å². The lowest BCUT2D eigenvalue weighted by atomic mass is 9.98. The van der Waals surface area contributed by atoms with Gasteiger partial charge in [-0.1, -0.05) is 156 Å². The first-order valence-electron chi connectivity index (χ1n) is 36.4. The van der Waals surface area contributed by atoms with E-state index in [9.17, 15) is 24.0 Å². The number of likely N-dealkylation sites (N-methyl/N-ethyl adjacent to an activating group) is 3. The van der Waals surface area contributed by atoms with Gasteiger partial charge >= 0.3 is 0 Å². The molecule has 566 valence electrons. The summed E-state index contributed by atoms with van der Waals surface area (Å²) >= 11 is 0. The Kier molecular flexibility index (Phi) is 36.0. The quantitative estimate of drug-likeness (QED) is 0.0289. The van der Waals surface area contributed by atoms with Gasteiger partial charge in [-0.2, -0.15) is 0 Å². The van der Waals surface area contributed by atoms with E-state index in [1.807, 2.05) is 90.2 Å². The Morgan fingerprint density at radius 3 is 1.14 bits per heavy atom. The maximum absolute atomic E-state index is 12.8. The highest BCUT2D eigenvalue weighted by Crippen LogP contribution is 2.35. The van der Waals surface area contributed by atoms with E-state index in [2.05, 4.69) is 156 Å². The summed E-state index contributed by atoms with van der Waals surface area (Å²) in [5.74, 6) is 5.85. The van der Waals surface area contributed by atoms with Gasteiger partial charge in [-0.3, -0.25) is 34.6 Å². The summed E-state index contributed by atoms with van der Waals surface area (Å²) in [6.45, 7) is 42.4. The number of hydrogen-bond acceptors (Lipinski definition) is 14. The molecule has 0 radical (unpaired) electrons. The number of pyridine rings is 2. The number of nitrogens with zero attached hydrogens (tertiary/aromatic N) is 5. The summed E-state index contributed by atoms with van der Waals surface area (Å²) in [4.78, 5) is 75.6. The number of aromatic nitrogens is 2. The predicted molar refractivity (Wildman–Crippen MR) is 426 cm³/mol. The van der Waals surface area contributed by atoms with Crippen molar-refractivity contribution >= 4 is 65.7 Å². The number of carbonyl (C=O) groups excluding carboxylic acids is 5. The molecule has 2 aromatic heterocycles. The van der Waals surface area contributed by atoms with E-state index in [0.29, 0.717) is 87.9 Å². The van der Waals surface area contributed by atoms with Gasteiger partial charge in [0.1, 0.15) is 34.6 Å². The number of fused-ring (bicyclic) bond motifs is 2. The summed E-state index contributed by atoms with van der Waals surface area (Å²) in [6.07, 6.45) is 14.2. The van der Waals surface area contributed by atoms with Crippen LogP contribution in [0.1, 0.15) is 220 Å². The molecule has 0 aliphatic carbocycles. The summed E-state index contributed by atoms with van der Waals surface area (Å²) in [5, 5.41) is 15.4. The minimum Gasteiger partial charge on any atom is -0.493 e. The van der Waals surface area contributed by atoms with Crippen LogP contribution < -0.4 is 45.5 Å². The second-order valence-electron chi connectivity index (χ2n) is 28.3. The highest BCUT2D eigenvalue weighted by atomic mass is 35.5. The summed E-state index contributed by atoms with van der Waals surface area (Å²) in [6, 6.07) is 28.6. The molecule has 0 saturated heterocycles. The van der Waals surface area contributed by atoms with E-state index in [1.165, 1.54) is 22.8 Å². The van der Waals surface area contributed by atoms with Crippen LogP contribution in [-0.2, 0) is 63.2 Å². The molecule has 0 unspecified atom stereocenters. The molecule has 0 bridgehead atoms. The minimum absolute atomic E-state index is 0. The van der Waals surface area contributed by atoms with Crippen molar-refractivity contribution in [2.75, 3.05) is 65.3 Å². The molecule has 0 atom stereocenters. The third kappa shape index (κ3) is 25.8. The third-order valence-electron chi connectivity index (χ3n) is 17.4. The second-order valence-corrected chi connectivity index (χ2v) is 28.3. The molecule has 20 heteroatoms. The lowest BCUT2D eigenvalue weighted by Crippen LogP contribution is -2.47. The van der Waals surface area contributed by atoms with Crippen LogP contribution >= 0.6 is 12.4 Å². The van der Waals surface area contributed by atoms with Crippen molar-refractivity contribution < 1.29 is 42.9 Å². The second kappa shape index (κ2) is 42.8. The van der Waals surface area contributed by atoms with Crippen LogP contribution in [0.2, 0.25) is 0 Å². The van der Waals surface area contributed by atoms with E-state index in [1.54, 1.807) is 72.5 Å². The van der Waals surface area contributed by atoms with Crippen molar-refractivity contribution in [1.29, 1.82) is 0 Å². The predicted octanol–water partition coefficient (Wildman–Crippen LogP) is 16.1. The summed E-state index contributed by atoms with van der Waals surface area (Å²) in [5.41, 5.74) is 11.1. The average molecular weight is 1450 g/mol. The Labute approximate surface area is 627 Å². The maximum Gasteiger partial charge on any atom is 0.246 e. The fourth-order valence-electron chi connectivity index (χ4n) is 11.2. The first-order valence-corrected chi connectivity index (χ1v) is 36.4. The molecule has 8 rings (SSSR count). The highest BCUT2D eigenvalue weighted by molar-refractivity contribution is 5.99. The van der Waals surface area contributed by atoms with Crippen LogP contribution in [0.4, 0.5) is 11.6 Å². The van der Waals surface area contributed by atoms with Gasteiger partial charge in [-0.05, 0) is 148 Å². The van der Waals surface area contributed by atoms with Crippen molar-refractivity contribution in [3.8, 4) is 23.0 Å². The van der Waals surface area contributed by atoms with Crippen molar-refractivity contribution in [3.05, 3.63) is 189 Å². The standard InChI is InChI=1S/C27H36N4O3.C26H34N4O3.C17H25NO2.C14H23NO.ClH/c1-7-13-34-24-20(9-8-10-22(24)18(2)3)17-31(6)23(32)12-11-19-14-21-16-29-27(4,5)26(33)30-25(21)28-15-19;1-7-33-23-19(9-8-10-21(23)17(2)3)16-30(6)22(31)12-11-18-13-20-15-28-26(4,5)25(32)29-24(20)27-14-18;1-6-11-20-17-14(12-18(5)16(19)7-2)9-8-10-15(17)13(3)4;1-5-9-16-14-12(10-15-4)7-6-8-13(14)11(2)3;/h8-12,14-15,18,29H,7,13,16-17H2,1-6H3,(H,28,30,33);8-14,17,28H,7,15-16H2,1-6H3,(H,27,29,32);7-10,13H,2,6,11-12H2,1,3-5H3;6-8,11,15H,5,9-10H2,1-4H3;1H/b2*12-11+;;;. The molecule has 4 aromatic carbocycles. The van der Waals surface area contributed by atoms with E-state index in [0.717, 1.165) is 105 Å². The smallest absolute Gasteiger partial charge is 0.246 e. The zero-order chi connectivity index (χ0) is 76.1. The number of rotatable bonds is 28. The first kappa shape index (κ1) is 87.5. The zero-order valence-corrected chi connectivity index (χ0v) is 66.5. The first-order chi connectivity index (χ1) is 48.9. The number of benzene rings is 4. The zero-order valence-electron chi connectivity index (χ0n) is 65.7. The number of ether oxygens (including phenoxy) is 4. The number of carbonyl (C=O) groups is 5. The Hall–Kier alpha value is -8.88. The fourth-order valence-corrected chi connectivity index (χ4v) is 11.2. The van der Waals surface area contributed by atoms with Gasteiger partial charge in [0.15, 0.2) is 0 Å². The summed E-state index contributed by atoms with van der Waals surface area (Å²) < 4.78 is 23.8. The molecule has 2 aliphatic heterocycles. The molecule has 104 heavy (non-hydrogen) atoms. The average Bonchev–Trinajstić information content (AvgIpc) is 1.65. The number of hydrogen-bond donors (Lipinski definition) is 5. The topological polar surface area (TPSA) is 218 Å². The molecule has 0 spiro atoms. The van der Waals surface area contributed by atoms with E-state index >= 15 is 0 Å². The summed E-state index contributed by atoms with van der Waals surface area (Å²) in [7, 11) is 7.30. The Bertz CT molecular complexity index is 3860. The number of para-hydroxylation sites is 4. The van der Waals surface area contributed by atoms with Crippen LogP contribution in [0.25, 0.3) is 12.2 Å². The molecule has 0 saturated carbocycles. The van der Waals surface area contributed by atoms with Gasteiger partial charge in [0, 0.05) is 118 Å². The molecule has 0 fully saturated rings. The van der Waals surface area contributed by atoms with Crippen LogP contribution in [0.3, 0.4) is 0 Å². The van der Waals surface area contributed by atoms with Gasteiger partial charge in [0.2, 0.25) is 29.5 Å². The van der Waals surface area contributed by atoms with E-state index in [-0.39, 0.29) is 41.9 Å². The van der Waals surface area contributed by atoms with E-state index < -0.39 is 11.1 Å². The third-order valence-corrected chi connectivity index (χ3v) is 17.4. The molecule has 4 heterocycles. The molecular formula is C84H119ClN10O9. The normalized spacial score (nSPS) is 13.4. The molecule has 19 nitrogen and oxygen atoms in total. The van der Waals surface area contributed by atoms with Crippen LogP contribution in [0, 0.1) is 0 Å². The number of halogens is 1. The monoisotopic (exact) mass is 1450 g/mol.